The summed E-state index contributed by atoms with van der Waals surface area (Å²) in [7, 11) is 0. The number of hydrogen-bond acceptors (Lipinski definition) is 3. The molecule has 0 fully saturated rings. The Labute approximate surface area is 183 Å². The molecule has 0 amide bonds. The molecule has 0 bridgehead atoms. The first kappa shape index (κ1) is 20.6. The molecule has 0 unspecified atom stereocenters. The van der Waals surface area contributed by atoms with Gasteiger partial charge in [0.05, 0.1) is 17.8 Å². The van der Waals surface area contributed by atoms with E-state index in [1.54, 1.807) is 30.3 Å². The van der Waals surface area contributed by atoms with Crippen LogP contribution in [0.5, 0.6) is 0 Å². The summed E-state index contributed by atoms with van der Waals surface area (Å²) in [5.74, 6) is -1.28. The third-order valence-electron chi connectivity index (χ3n) is 5.17. The van der Waals surface area contributed by atoms with Gasteiger partial charge in [0.15, 0.2) is 5.78 Å². The largest absolute Gasteiger partial charge is 0.478 e. The monoisotopic (exact) mass is 431 g/mol. The number of aromatic carboxylic acids is 1. The molecule has 3 aromatic carbocycles. The van der Waals surface area contributed by atoms with Gasteiger partial charge >= 0.3 is 5.97 Å². The van der Waals surface area contributed by atoms with Crippen LogP contribution in [0.25, 0.3) is 21.9 Å². The quantitative estimate of drug-likeness (QED) is 0.436. The number of nitrogens with zero attached hydrogens (tertiary/aromatic N) is 1. The number of fused-ring (bicyclic) bond motifs is 1. The van der Waals surface area contributed by atoms with E-state index in [0.717, 1.165) is 5.56 Å². The summed E-state index contributed by atoms with van der Waals surface area (Å²) in [5, 5.41) is 10.7. The number of benzene rings is 3. The van der Waals surface area contributed by atoms with Crippen LogP contribution in [-0.2, 0) is 6.54 Å². The average Bonchev–Trinajstić information content (AvgIpc) is 2.76. The minimum atomic E-state index is -1.03. The highest BCUT2D eigenvalue weighted by Gasteiger charge is 2.21. The van der Waals surface area contributed by atoms with Crippen LogP contribution in [0.2, 0.25) is 5.02 Å². The molecule has 0 aliphatic heterocycles. The number of aromatic nitrogens is 1. The standard InChI is InChI=1S/C25H18ClNO4/c1-15(28)23-22(17-5-3-2-4-6-17)21-13-19(26)11-12-20(21)24(29)27(23)14-16-7-9-18(10-8-16)25(30)31/h2-13H,14H2,1H3,(H,30,31). The number of carboxylic acids is 1. The van der Waals surface area contributed by atoms with Gasteiger partial charge in [0.25, 0.3) is 5.56 Å². The maximum atomic E-state index is 13.4. The summed E-state index contributed by atoms with van der Waals surface area (Å²) < 4.78 is 1.46. The van der Waals surface area contributed by atoms with Crippen LogP contribution in [0.4, 0.5) is 0 Å². The van der Waals surface area contributed by atoms with Gasteiger partial charge in [-0.2, -0.15) is 0 Å². The van der Waals surface area contributed by atoms with Crippen LogP contribution in [0.3, 0.4) is 0 Å². The van der Waals surface area contributed by atoms with Crippen molar-refractivity contribution in [2.75, 3.05) is 0 Å². The molecular formula is C25H18ClNO4. The van der Waals surface area contributed by atoms with Gasteiger partial charge in [0, 0.05) is 22.9 Å². The topological polar surface area (TPSA) is 76.4 Å². The molecular weight excluding hydrogens is 414 g/mol. The summed E-state index contributed by atoms with van der Waals surface area (Å²) in [6, 6.07) is 20.7. The zero-order chi connectivity index (χ0) is 22.1. The number of rotatable bonds is 5. The second-order valence-electron chi connectivity index (χ2n) is 7.23. The first-order valence-corrected chi connectivity index (χ1v) is 9.99. The maximum absolute atomic E-state index is 13.4. The first-order chi connectivity index (χ1) is 14.9. The highest BCUT2D eigenvalue weighted by atomic mass is 35.5. The third kappa shape index (κ3) is 3.88. The molecule has 0 saturated carbocycles. The summed E-state index contributed by atoms with van der Waals surface area (Å²) in [6.45, 7) is 1.56. The molecule has 0 atom stereocenters. The maximum Gasteiger partial charge on any atom is 0.335 e. The van der Waals surface area contributed by atoms with Crippen LogP contribution in [0.15, 0.2) is 77.6 Å². The number of carbonyl (C=O) groups excluding carboxylic acids is 1. The van der Waals surface area contributed by atoms with E-state index in [0.29, 0.717) is 26.9 Å². The predicted molar refractivity (Wildman–Crippen MR) is 121 cm³/mol. The zero-order valence-corrected chi connectivity index (χ0v) is 17.4. The lowest BCUT2D eigenvalue weighted by molar-refractivity contribution is 0.0696. The molecule has 1 heterocycles. The van der Waals surface area contributed by atoms with Crippen molar-refractivity contribution in [1.82, 2.24) is 4.57 Å². The fourth-order valence-corrected chi connectivity index (χ4v) is 3.94. The van der Waals surface area contributed by atoms with Crippen LogP contribution in [0.1, 0.15) is 33.3 Å². The van der Waals surface area contributed by atoms with Gasteiger partial charge in [-0.25, -0.2) is 4.79 Å². The fourth-order valence-electron chi connectivity index (χ4n) is 3.77. The van der Waals surface area contributed by atoms with E-state index < -0.39 is 5.97 Å². The van der Waals surface area contributed by atoms with Gasteiger partial charge in [0.1, 0.15) is 0 Å². The molecule has 0 radical (unpaired) electrons. The molecule has 0 aliphatic rings. The van der Waals surface area contributed by atoms with E-state index in [9.17, 15) is 14.4 Å². The van der Waals surface area contributed by atoms with Crippen molar-refractivity contribution < 1.29 is 14.7 Å². The summed E-state index contributed by atoms with van der Waals surface area (Å²) >= 11 is 6.23. The predicted octanol–water partition coefficient (Wildman–Crippen LogP) is 5.27. The Balaban J connectivity index is 2.03. The highest BCUT2D eigenvalue weighted by molar-refractivity contribution is 6.31. The Morgan fingerprint density at radius 3 is 2.23 bits per heavy atom. The molecule has 1 N–H and O–H groups in total. The summed E-state index contributed by atoms with van der Waals surface area (Å²) in [4.78, 5) is 37.3. The van der Waals surface area contributed by atoms with Gasteiger partial charge in [-0.05, 0) is 46.8 Å². The normalized spacial score (nSPS) is 10.9. The fraction of sp³-hybridized carbons (Fsp3) is 0.0800. The summed E-state index contributed by atoms with van der Waals surface area (Å²) in [5.41, 5.74) is 2.29. The minimum Gasteiger partial charge on any atom is -0.478 e. The van der Waals surface area contributed by atoms with E-state index in [4.69, 9.17) is 16.7 Å². The Bertz CT molecular complexity index is 1370. The van der Waals surface area contributed by atoms with E-state index in [1.165, 1.54) is 23.6 Å². The molecule has 5 nitrogen and oxygen atoms in total. The van der Waals surface area contributed by atoms with Crippen molar-refractivity contribution in [3.05, 3.63) is 105 Å². The number of halogens is 1. The van der Waals surface area contributed by atoms with Crippen LogP contribution in [0, 0.1) is 0 Å². The Hall–Kier alpha value is -3.70. The molecule has 6 heteroatoms. The summed E-state index contributed by atoms with van der Waals surface area (Å²) in [6.07, 6.45) is 0. The van der Waals surface area contributed by atoms with Crippen molar-refractivity contribution in [2.45, 2.75) is 13.5 Å². The molecule has 0 spiro atoms. The van der Waals surface area contributed by atoms with E-state index in [-0.39, 0.29) is 29.1 Å². The van der Waals surface area contributed by atoms with Gasteiger partial charge in [-0.15, -0.1) is 0 Å². The Morgan fingerprint density at radius 2 is 1.61 bits per heavy atom. The van der Waals surface area contributed by atoms with Crippen molar-refractivity contribution in [3.63, 3.8) is 0 Å². The number of Topliss-reactive ketones (excluding diaryl/α,β-unsaturated/α-hetero) is 1. The smallest absolute Gasteiger partial charge is 0.335 e. The number of carboxylic acid groups (broad SMARTS) is 1. The van der Waals surface area contributed by atoms with Gasteiger partial charge in [-0.1, -0.05) is 54.1 Å². The lowest BCUT2D eigenvalue weighted by Crippen LogP contribution is -2.27. The van der Waals surface area contributed by atoms with Gasteiger partial charge < -0.3 is 5.11 Å². The SMILES string of the molecule is CC(=O)c1c(-c2ccccc2)c2cc(Cl)ccc2c(=O)n1Cc1ccc(C(=O)O)cc1. The lowest BCUT2D eigenvalue weighted by Gasteiger charge is -2.19. The molecule has 154 valence electrons. The number of pyridine rings is 1. The molecule has 1 aromatic heterocycles. The van der Waals surface area contributed by atoms with Gasteiger partial charge in [-0.3, -0.25) is 14.2 Å². The van der Waals surface area contributed by atoms with Crippen molar-refractivity contribution in [1.29, 1.82) is 0 Å². The van der Waals surface area contributed by atoms with Crippen LogP contribution >= 0.6 is 11.6 Å². The minimum absolute atomic E-state index is 0.131. The third-order valence-corrected chi connectivity index (χ3v) is 5.41. The number of ketones is 1. The molecule has 31 heavy (non-hydrogen) atoms. The molecule has 0 saturated heterocycles. The van der Waals surface area contributed by atoms with Crippen LogP contribution in [-0.4, -0.2) is 21.4 Å². The van der Waals surface area contributed by atoms with Gasteiger partial charge in [0.2, 0.25) is 0 Å². The Kier molecular flexibility index (Phi) is 5.44. The molecule has 4 rings (SSSR count). The number of hydrogen-bond donors (Lipinski definition) is 1. The van der Waals surface area contributed by atoms with E-state index in [1.807, 2.05) is 30.3 Å². The van der Waals surface area contributed by atoms with E-state index in [2.05, 4.69) is 0 Å². The second-order valence-corrected chi connectivity index (χ2v) is 7.67. The van der Waals surface area contributed by atoms with Crippen molar-refractivity contribution >= 4 is 34.1 Å². The zero-order valence-electron chi connectivity index (χ0n) is 16.6. The Morgan fingerprint density at radius 1 is 0.935 bits per heavy atom. The molecule has 0 aliphatic carbocycles. The van der Waals surface area contributed by atoms with Crippen molar-refractivity contribution in [3.8, 4) is 11.1 Å². The molecule has 4 aromatic rings. The van der Waals surface area contributed by atoms with Crippen molar-refractivity contribution in [2.24, 2.45) is 0 Å². The van der Waals surface area contributed by atoms with E-state index >= 15 is 0 Å². The average molecular weight is 432 g/mol. The second kappa shape index (κ2) is 8.20. The van der Waals surface area contributed by atoms with Crippen LogP contribution < -0.4 is 5.56 Å². The lowest BCUT2D eigenvalue weighted by atomic mass is 9.95. The number of carbonyl (C=O) groups is 2. The first-order valence-electron chi connectivity index (χ1n) is 9.61. The highest BCUT2D eigenvalue weighted by Crippen LogP contribution is 2.33.